The SMILES string of the molecule is COc1ccccc1CN(CCO)Cc1nnc(C(C)C)n1C. The van der Waals surface area contributed by atoms with Crippen molar-refractivity contribution in [3.05, 3.63) is 41.5 Å². The first-order valence-electron chi connectivity index (χ1n) is 7.90. The largest absolute Gasteiger partial charge is 0.496 e. The number of benzene rings is 1. The topological polar surface area (TPSA) is 63.4 Å². The zero-order valence-corrected chi connectivity index (χ0v) is 14.4. The van der Waals surface area contributed by atoms with Crippen molar-refractivity contribution in [2.24, 2.45) is 7.05 Å². The van der Waals surface area contributed by atoms with Crippen LogP contribution < -0.4 is 4.74 Å². The summed E-state index contributed by atoms with van der Waals surface area (Å²) in [5, 5.41) is 17.9. The highest BCUT2D eigenvalue weighted by Crippen LogP contribution is 2.20. The summed E-state index contributed by atoms with van der Waals surface area (Å²) in [6.45, 7) is 6.21. The van der Waals surface area contributed by atoms with Crippen LogP contribution in [0.4, 0.5) is 0 Å². The Bertz CT molecular complexity index is 625. The lowest BCUT2D eigenvalue weighted by atomic mass is 10.2. The third-order valence-corrected chi connectivity index (χ3v) is 3.88. The lowest BCUT2D eigenvalue weighted by Gasteiger charge is -2.22. The fraction of sp³-hybridized carbons (Fsp3) is 0.529. The molecule has 0 unspecified atom stereocenters. The molecule has 0 fully saturated rings. The predicted molar refractivity (Wildman–Crippen MR) is 89.3 cm³/mol. The van der Waals surface area contributed by atoms with Gasteiger partial charge in [-0.15, -0.1) is 10.2 Å². The number of aliphatic hydroxyl groups excluding tert-OH is 1. The molecule has 1 aromatic heterocycles. The van der Waals surface area contributed by atoms with Gasteiger partial charge in [-0.3, -0.25) is 4.90 Å². The fourth-order valence-electron chi connectivity index (χ4n) is 2.65. The minimum atomic E-state index is 0.101. The second kappa shape index (κ2) is 8.08. The summed E-state index contributed by atoms with van der Waals surface area (Å²) in [5.41, 5.74) is 1.09. The number of methoxy groups -OCH3 is 1. The Morgan fingerprint density at radius 2 is 1.96 bits per heavy atom. The lowest BCUT2D eigenvalue weighted by molar-refractivity contribution is 0.178. The average molecular weight is 318 g/mol. The molecule has 0 atom stereocenters. The molecule has 0 saturated heterocycles. The molecule has 1 heterocycles. The average Bonchev–Trinajstić information content (AvgIpc) is 2.89. The van der Waals surface area contributed by atoms with E-state index in [0.717, 1.165) is 23.0 Å². The van der Waals surface area contributed by atoms with E-state index >= 15 is 0 Å². The molecule has 2 aromatic rings. The van der Waals surface area contributed by atoms with E-state index in [0.29, 0.717) is 25.6 Å². The molecule has 23 heavy (non-hydrogen) atoms. The molecule has 1 aromatic carbocycles. The third-order valence-electron chi connectivity index (χ3n) is 3.88. The number of rotatable bonds is 8. The van der Waals surface area contributed by atoms with Crippen LogP contribution in [0.2, 0.25) is 0 Å². The van der Waals surface area contributed by atoms with Crippen LogP contribution in [0.3, 0.4) is 0 Å². The van der Waals surface area contributed by atoms with E-state index in [4.69, 9.17) is 4.74 Å². The molecule has 0 aliphatic carbocycles. The van der Waals surface area contributed by atoms with Gasteiger partial charge in [0.1, 0.15) is 17.4 Å². The molecule has 0 aliphatic rings. The van der Waals surface area contributed by atoms with Crippen LogP contribution in [0.1, 0.15) is 37.0 Å². The molecule has 0 radical (unpaired) electrons. The monoisotopic (exact) mass is 318 g/mol. The summed E-state index contributed by atoms with van der Waals surface area (Å²) in [5.74, 6) is 3.07. The van der Waals surface area contributed by atoms with Gasteiger partial charge < -0.3 is 14.4 Å². The minimum absolute atomic E-state index is 0.101. The number of ether oxygens (including phenoxy) is 1. The first-order valence-corrected chi connectivity index (χ1v) is 7.90. The van der Waals surface area contributed by atoms with Crippen molar-refractivity contribution in [3.63, 3.8) is 0 Å². The Morgan fingerprint density at radius 1 is 1.22 bits per heavy atom. The van der Waals surface area contributed by atoms with Crippen LogP contribution in [0.25, 0.3) is 0 Å². The van der Waals surface area contributed by atoms with Gasteiger partial charge in [-0.05, 0) is 6.07 Å². The molecule has 6 heteroatoms. The molecule has 1 N–H and O–H groups in total. The quantitative estimate of drug-likeness (QED) is 0.806. The standard InChI is InChI=1S/C17H26N4O2/c1-13(2)17-19-18-16(20(17)3)12-21(9-10-22)11-14-7-5-6-8-15(14)23-4/h5-8,13,22H,9-12H2,1-4H3. The van der Waals surface area contributed by atoms with Crippen molar-refractivity contribution >= 4 is 0 Å². The molecule has 0 spiro atoms. The van der Waals surface area contributed by atoms with Gasteiger partial charge in [0.25, 0.3) is 0 Å². The maximum atomic E-state index is 9.37. The lowest BCUT2D eigenvalue weighted by Crippen LogP contribution is -2.27. The Morgan fingerprint density at radius 3 is 2.57 bits per heavy atom. The van der Waals surface area contributed by atoms with Gasteiger partial charge in [0.2, 0.25) is 0 Å². The number of hydrogen-bond acceptors (Lipinski definition) is 5. The van der Waals surface area contributed by atoms with Crippen LogP contribution in [-0.4, -0.2) is 45.0 Å². The second-order valence-electron chi connectivity index (χ2n) is 5.93. The third kappa shape index (κ3) is 4.30. The smallest absolute Gasteiger partial charge is 0.146 e. The molecule has 2 rings (SSSR count). The fourth-order valence-corrected chi connectivity index (χ4v) is 2.65. The van der Waals surface area contributed by atoms with E-state index in [1.54, 1.807) is 7.11 Å². The van der Waals surface area contributed by atoms with Crippen molar-refractivity contribution < 1.29 is 9.84 Å². The van der Waals surface area contributed by atoms with E-state index in [1.165, 1.54) is 0 Å². The van der Waals surface area contributed by atoms with E-state index in [9.17, 15) is 5.11 Å². The van der Waals surface area contributed by atoms with E-state index < -0.39 is 0 Å². The number of para-hydroxylation sites is 1. The normalized spacial score (nSPS) is 11.4. The molecular formula is C17H26N4O2. The summed E-state index contributed by atoms with van der Waals surface area (Å²) in [4.78, 5) is 2.14. The highest BCUT2D eigenvalue weighted by molar-refractivity contribution is 5.33. The van der Waals surface area contributed by atoms with E-state index in [1.807, 2.05) is 35.9 Å². The molecule has 0 bridgehead atoms. The van der Waals surface area contributed by atoms with Gasteiger partial charge in [-0.1, -0.05) is 32.0 Å². The van der Waals surface area contributed by atoms with Crippen LogP contribution >= 0.6 is 0 Å². The van der Waals surface area contributed by atoms with Crippen molar-refractivity contribution in [3.8, 4) is 5.75 Å². The maximum Gasteiger partial charge on any atom is 0.146 e. The molecule has 0 amide bonds. The van der Waals surface area contributed by atoms with Gasteiger partial charge in [-0.25, -0.2) is 0 Å². The van der Waals surface area contributed by atoms with E-state index in [-0.39, 0.29) is 6.61 Å². The van der Waals surface area contributed by atoms with Crippen molar-refractivity contribution in [2.75, 3.05) is 20.3 Å². The first kappa shape index (κ1) is 17.4. The van der Waals surface area contributed by atoms with Crippen LogP contribution in [0.15, 0.2) is 24.3 Å². The molecule has 0 saturated carbocycles. The van der Waals surface area contributed by atoms with Gasteiger partial charge in [0.05, 0.1) is 20.3 Å². The minimum Gasteiger partial charge on any atom is -0.496 e. The summed E-state index contributed by atoms with van der Waals surface area (Å²) >= 11 is 0. The van der Waals surface area contributed by atoms with Gasteiger partial charge in [0.15, 0.2) is 0 Å². The summed E-state index contributed by atoms with van der Waals surface area (Å²) < 4.78 is 7.45. The highest BCUT2D eigenvalue weighted by atomic mass is 16.5. The van der Waals surface area contributed by atoms with Crippen molar-refractivity contribution in [1.82, 2.24) is 19.7 Å². The first-order chi connectivity index (χ1) is 11.1. The Kier molecular flexibility index (Phi) is 6.12. The van der Waals surface area contributed by atoms with Crippen molar-refractivity contribution in [1.29, 1.82) is 0 Å². The zero-order valence-electron chi connectivity index (χ0n) is 14.4. The predicted octanol–water partition coefficient (Wildman–Crippen LogP) is 1.94. The van der Waals surface area contributed by atoms with Crippen molar-refractivity contribution in [2.45, 2.75) is 32.9 Å². The number of hydrogen-bond donors (Lipinski definition) is 1. The highest BCUT2D eigenvalue weighted by Gasteiger charge is 2.16. The molecule has 6 nitrogen and oxygen atoms in total. The number of aliphatic hydroxyl groups is 1. The molecular weight excluding hydrogens is 292 g/mol. The zero-order chi connectivity index (χ0) is 16.8. The number of nitrogens with zero attached hydrogens (tertiary/aromatic N) is 4. The van der Waals surface area contributed by atoms with Gasteiger partial charge >= 0.3 is 0 Å². The molecule has 0 aliphatic heterocycles. The molecule has 126 valence electrons. The number of aromatic nitrogens is 3. The van der Waals surface area contributed by atoms with Gasteiger partial charge in [0, 0.05) is 31.6 Å². The summed E-state index contributed by atoms with van der Waals surface area (Å²) in [6.07, 6.45) is 0. The summed E-state index contributed by atoms with van der Waals surface area (Å²) in [7, 11) is 3.66. The Labute approximate surface area is 137 Å². The Balaban J connectivity index is 2.16. The maximum absolute atomic E-state index is 9.37. The van der Waals surface area contributed by atoms with Crippen LogP contribution in [0, 0.1) is 0 Å². The second-order valence-corrected chi connectivity index (χ2v) is 5.93. The van der Waals surface area contributed by atoms with Gasteiger partial charge in [-0.2, -0.15) is 0 Å². The Hall–Kier alpha value is -1.92. The van der Waals surface area contributed by atoms with Crippen LogP contribution in [-0.2, 0) is 20.1 Å². The van der Waals surface area contributed by atoms with Crippen LogP contribution in [0.5, 0.6) is 5.75 Å². The van der Waals surface area contributed by atoms with E-state index in [2.05, 4.69) is 28.9 Å². The summed E-state index contributed by atoms with van der Waals surface area (Å²) in [6, 6.07) is 7.94.